The van der Waals surface area contributed by atoms with Gasteiger partial charge in [0.2, 0.25) is 0 Å². The number of benzene rings is 3. The van der Waals surface area contributed by atoms with Gasteiger partial charge in [-0.3, -0.25) is 9.59 Å². The standard InChI is InChI=1S/C21H18O4/c1-14(22)16-10-11-19(24-2)17(12-16)13-21(23)25-20-9-5-7-15-6-3-4-8-18(15)20/h3-12H,13H2,1-2H3. The lowest BCUT2D eigenvalue weighted by Gasteiger charge is -2.11. The molecule has 3 aromatic carbocycles. The van der Waals surface area contributed by atoms with Crippen LogP contribution in [0.1, 0.15) is 22.8 Å². The summed E-state index contributed by atoms with van der Waals surface area (Å²) in [5, 5.41) is 1.88. The molecule has 0 heterocycles. The molecule has 0 amide bonds. The molecule has 0 fully saturated rings. The van der Waals surface area contributed by atoms with Gasteiger partial charge in [0.25, 0.3) is 0 Å². The summed E-state index contributed by atoms with van der Waals surface area (Å²) in [6, 6.07) is 18.3. The third kappa shape index (κ3) is 3.69. The van der Waals surface area contributed by atoms with Crippen molar-refractivity contribution in [3.8, 4) is 11.5 Å². The van der Waals surface area contributed by atoms with Crippen molar-refractivity contribution in [2.45, 2.75) is 13.3 Å². The molecule has 0 spiro atoms. The molecule has 0 radical (unpaired) electrons. The first-order chi connectivity index (χ1) is 12.1. The van der Waals surface area contributed by atoms with Crippen molar-refractivity contribution in [2.75, 3.05) is 7.11 Å². The zero-order chi connectivity index (χ0) is 17.8. The van der Waals surface area contributed by atoms with Crippen LogP contribution in [0.25, 0.3) is 10.8 Å². The van der Waals surface area contributed by atoms with Crippen molar-refractivity contribution < 1.29 is 19.1 Å². The van der Waals surface area contributed by atoms with Crippen LogP contribution in [0.5, 0.6) is 11.5 Å². The van der Waals surface area contributed by atoms with Gasteiger partial charge in [-0.25, -0.2) is 0 Å². The first-order valence-electron chi connectivity index (χ1n) is 7.95. The molecule has 0 unspecified atom stereocenters. The summed E-state index contributed by atoms with van der Waals surface area (Å²) in [5.41, 5.74) is 1.16. The number of methoxy groups -OCH3 is 1. The van der Waals surface area contributed by atoms with Crippen LogP contribution >= 0.6 is 0 Å². The monoisotopic (exact) mass is 334 g/mol. The van der Waals surface area contributed by atoms with Gasteiger partial charge in [-0.1, -0.05) is 36.4 Å². The second-order valence-corrected chi connectivity index (χ2v) is 5.71. The number of esters is 1. The highest BCUT2D eigenvalue weighted by Crippen LogP contribution is 2.26. The van der Waals surface area contributed by atoms with E-state index >= 15 is 0 Å². The van der Waals surface area contributed by atoms with Gasteiger partial charge in [0.1, 0.15) is 11.5 Å². The average Bonchev–Trinajstić information content (AvgIpc) is 2.62. The van der Waals surface area contributed by atoms with Crippen LogP contribution < -0.4 is 9.47 Å². The Bertz CT molecular complexity index is 938. The molecule has 3 rings (SSSR count). The molecule has 0 aliphatic heterocycles. The average molecular weight is 334 g/mol. The summed E-state index contributed by atoms with van der Waals surface area (Å²) in [6.07, 6.45) is 0.0213. The summed E-state index contributed by atoms with van der Waals surface area (Å²) in [7, 11) is 1.53. The number of carbonyl (C=O) groups is 2. The number of Topliss-reactive ketones (excluding diaryl/α,β-unsaturated/α-hetero) is 1. The second kappa shape index (κ2) is 7.18. The lowest BCUT2D eigenvalue weighted by molar-refractivity contribution is -0.133. The fourth-order valence-electron chi connectivity index (χ4n) is 2.73. The molecule has 3 aromatic rings. The van der Waals surface area contributed by atoms with Crippen molar-refractivity contribution in [2.24, 2.45) is 0 Å². The summed E-state index contributed by atoms with van der Waals surface area (Å²) in [4.78, 5) is 24.0. The van der Waals surface area contributed by atoms with Gasteiger partial charge in [-0.05, 0) is 36.6 Å². The van der Waals surface area contributed by atoms with E-state index in [1.807, 2.05) is 36.4 Å². The fraction of sp³-hybridized carbons (Fsp3) is 0.143. The quantitative estimate of drug-likeness (QED) is 0.399. The summed E-state index contributed by atoms with van der Waals surface area (Å²) in [6.45, 7) is 1.49. The predicted molar refractivity (Wildman–Crippen MR) is 96.3 cm³/mol. The highest BCUT2D eigenvalue weighted by atomic mass is 16.5. The van der Waals surface area contributed by atoms with Gasteiger partial charge in [0.05, 0.1) is 13.5 Å². The molecule has 4 nitrogen and oxygen atoms in total. The minimum Gasteiger partial charge on any atom is -0.496 e. The van der Waals surface area contributed by atoms with Crippen LogP contribution in [-0.4, -0.2) is 18.9 Å². The maximum Gasteiger partial charge on any atom is 0.315 e. The smallest absolute Gasteiger partial charge is 0.315 e. The van der Waals surface area contributed by atoms with Crippen LogP contribution in [0, 0.1) is 0 Å². The number of ether oxygens (including phenoxy) is 2. The van der Waals surface area contributed by atoms with E-state index in [2.05, 4.69) is 0 Å². The minimum atomic E-state index is -0.407. The molecule has 0 bridgehead atoms. The molecule has 0 saturated heterocycles. The first-order valence-corrected chi connectivity index (χ1v) is 7.95. The van der Waals surface area contributed by atoms with Crippen LogP contribution in [0.2, 0.25) is 0 Å². The molecule has 0 aliphatic carbocycles. The lowest BCUT2D eigenvalue weighted by Crippen LogP contribution is -2.12. The van der Waals surface area contributed by atoms with E-state index < -0.39 is 5.97 Å². The van der Waals surface area contributed by atoms with E-state index in [0.29, 0.717) is 22.6 Å². The van der Waals surface area contributed by atoms with E-state index in [4.69, 9.17) is 9.47 Å². The Labute approximate surface area is 146 Å². The Morgan fingerprint density at radius 2 is 1.68 bits per heavy atom. The van der Waals surface area contributed by atoms with Crippen LogP contribution in [0.4, 0.5) is 0 Å². The maximum absolute atomic E-state index is 12.4. The van der Waals surface area contributed by atoms with E-state index in [1.54, 1.807) is 24.3 Å². The molecular formula is C21H18O4. The molecule has 25 heavy (non-hydrogen) atoms. The highest BCUT2D eigenvalue weighted by molar-refractivity contribution is 5.95. The topological polar surface area (TPSA) is 52.6 Å². The second-order valence-electron chi connectivity index (χ2n) is 5.71. The number of hydrogen-bond donors (Lipinski definition) is 0. The molecule has 126 valence electrons. The Kier molecular flexibility index (Phi) is 4.80. The first kappa shape index (κ1) is 16.7. The van der Waals surface area contributed by atoms with Crippen LogP contribution in [0.15, 0.2) is 60.7 Å². The SMILES string of the molecule is COc1ccc(C(C)=O)cc1CC(=O)Oc1cccc2ccccc12. The lowest BCUT2D eigenvalue weighted by atomic mass is 10.0. The molecule has 0 aliphatic rings. The molecule has 0 N–H and O–H groups in total. The third-order valence-corrected chi connectivity index (χ3v) is 4.00. The number of carbonyl (C=O) groups excluding carboxylic acids is 2. The van der Waals surface area contributed by atoms with Crippen molar-refractivity contribution >= 4 is 22.5 Å². The zero-order valence-corrected chi connectivity index (χ0v) is 14.1. The molecular weight excluding hydrogens is 316 g/mol. The summed E-state index contributed by atoms with van der Waals surface area (Å²) < 4.78 is 10.8. The van der Waals surface area contributed by atoms with Gasteiger partial charge in [0.15, 0.2) is 5.78 Å². The van der Waals surface area contributed by atoms with Crippen LogP contribution in [-0.2, 0) is 11.2 Å². The highest BCUT2D eigenvalue weighted by Gasteiger charge is 2.14. The van der Waals surface area contributed by atoms with E-state index in [9.17, 15) is 9.59 Å². The van der Waals surface area contributed by atoms with E-state index in [0.717, 1.165) is 10.8 Å². The van der Waals surface area contributed by atoms with Gasteiger partial charge in [0, 0.05) is 16.5 Å². The molecule has 4 heteroatoms. The number of fused-ring (bicyclic) bond motifs is 1. The van der Waals surface area contributed by atoms with Gasteiger partial charge >= 0.3 is 5.97 Å². The molecule has 0 saturated carbocycles. The summed E-state index contributed by atoms with van der Waals surface area (Å²) >= 11 is 0. The Balaban J connectivity index is 1.85. The maximum atomic E-state index is 12.4. The van der Waals surface area contributed by atoms with Gasteiger partial charge in [-0.15, -0.1) is 0 Å². The largest absolute Gasteiger partial charge is 0.496 e. The molecule has 0 atom stereocenters. The van der Waals surface area contributed by atoms with Gasteiger partial charge < -0.3 is 9.47 Å². The van der Waals surface area contributed by atoms with Crippen molar-refractivity contribution in [1.82, 2.24) is 0 Å². The van der Waals surface area contributed by atoms with Crippen molar-refractivity contribution in [3.05, 3.63) is 71.8 Å². The van der Waals surface area contributed by atoms with Crippen molar-refractivity contribution in [3.63, 3.8) is 0 Å². The normalized spacial score (nSPS) is 10.5. The van der Waals surface area contributed by atoms with Gasteiger partial charge in [-0.2, -0.15) is 0 Å². The molecule has 0 aromatic heterocycles. The number of ketones is 1. The van der Waals surface area contributed by atoms with E-state index in [-0.39, 0.29) is 12.2 Å². The van der Waals surface area contributed by atoms with Crippen molar-refractivity contribution in [1.29, 1.82) is 0 Å². The zero-order valence-electron chi connectivity index (χ0n) is 14.1. The summed E-state index contributed by atoms with van der Waals surface area (Å²) in [5.74, 6) is 0.603. The number of rotatable bonds is 5. The number of hydrogen-bond acceptors (Lipinski definition) is 4. The Morgan fingerprint density at radius 3 is 2.44 bits per heavy atom. The van der Waals surface area contributed by atoms with Crippen LogP contribution in [0.3, 0.4) is 0 Å². The predicted octanol–water partition coefficient (Wildman–Crippen LogP) is 4.20. The third-order valence-electron chi connectivity index (χ3n) is 4.00. The van der Waals surface area contributed by atoms with E-state index in [1.165, 1.54) is 14.0 Å². The fourth-order valence-corrected chi connectivity index (χ4v) is 2.73. The Hall–Kier alpha value is -3.14. The Morgan fingerprint density at radius 1 is 0.920 bits per heavy atom. The minimum absolute atomic E-state index is 0.0213.